The molecule has 2 aliphatic rings. The van der Waals surface area contributed by atoms with Gasteiger partial charge in [-0.25, -0.2) is 0 Å². The molecule has 2 rings (SSSR count). The standard InChI is InChI=1S/C20H34N2O4/c1-13(2)15-11-25-19(5,6)21(15)17(23)9-10-18(24)22-16(14(3)4)12-26-20(22,7)8/h9-10,13-16H,11-12H2,1-8H3/b10-9+/t15-,16-/m1/s1. The number of hydrogen-bond acceptors (Lipinski definition) is 4. The Labute approximate surface area is 157 Å². The Balaban J connectivity index is 2.17. The van der Waals surface area contributed by atoms with Gasteiger partial charge in [0, 0.05) is 12.2 Å². The van der Waals surface area contributed by atoms with E-state index in [9.17, 15) is 9.59 Å². The molecule has 0 aromatic carbocycles. The number of rotatable bonds is 4. The van der Waals surface area contributed by atoms with Crippen molar-refractivity contribution in [3.05, 3.63) is 12.2 Å². The molecule has 2 amide bonds. The fraction of sp³-hybridized carbons (Fsp3) is 0.800. The third kappa shape index (κ3) is 3.96. The summed E-state index contributed by atoms with van der Waals surface area (Å²) in [7, 11) is 0. The van der Waals surface area contributed by atoms with E-state index in [1.807, 2.05) is 27.7 Å². The van der Waals surface area contributed by atoms with E-state index in [2.05, 4.69) is 27.7 Å². The first-order chi connectivity index (χ1) is 11.9. The first-order valence-corrected chi connectivity index (χ1v) is 9.51. The maximum atomic E-state index is 12.8. The number of amides is 2. The molecule has 0 aromatic rings. The zero-order valence-electron chi connectivity index (χ0n) is 17.4. The molecule has 2 heterocycles. The molecule has 6 heteroatoms. The van der Waals surface area contributed by atoms with Gasteiger partial charge in [-0.05, 0) is 39.5 Å². The van der Waals surface area contributed by atoms with Gasteiger partial charge in [0.15, 0.2) is 0 Å². The molecule has 0 spiro atoms. The minimum Gasteiger partial charge on any atom is -0.354 e. The topological polar surface area (TPSA) is 59.1 Å². The van der Waals surface area contributed by atoms with E-state index in [1.165, 1.54) is 12.2 Å². The Morgan fingerprint density at radius 3 is 1.38 bits per heavy atom. The fourth-order valence-corrected chi connectivity index (χ4v) is 3.81. The van der Waals surface area contributed by atoms with Gasteiger partial charge >= 0.3 is 0 Å². The molecular weight excluding hydrogens is 332 g/mol. The molecule has 148 valence electrons. The summed E-state index contributed by atoms with van der Waals surface area (Å²) in [6, 6.07) is 0.0134. The quantitative estimate of drug-likeness (QED) is 0.718. The number of nitrogens with zero attached hydrogens (tertiary/aromatic N) is 2. The van der Waals surface area contributed by atoms with Crippen molar-refractivity contribution in [2.75, 3.05) is 13.2 Å². The lowest BCUT2D eigenvalue weighted by Crippen LogP contribution is -2.50. The van der Waals surface area contributed by atoms with Crippen molar-refractivity contribution in [2.45, 2.75) is 78.9 Å². The number of ether oxygens (including phenoxy) is 2. The van der Waals surface area contributed by atoms with E-state index in [-0.39, 0.29) is 35.7 Å². The lowest BCUT2D eigenvalue weighted by Gasteiger charge is -2.35. The molecule has 0 radical (unpaired) electrons. The molecule has 0 saturated carbocycles. The van der Waals surface area contributed by atoms with E-state index in [0.717, 1.165) is 0 Å². The summed E-state index contributed by atoms with van der Waals surface area (Å²) >= 11 is 0. The van der Waals surface area contributed by atoms with Crippen LogP contribution in [0.2, 0.25) is 0 Å². The van der Waals surface area contributed by atoms with E-state index in [1.54, 1.807) is 9.80 Å². The SMILES string of the molecule is CC(C)[C@H]1COC(C)(C)N1C(=O)/C=C/C(=O)N1[C@@H](C(C)C)COC1(C)C. The van der Waals surface area contributed by atoms with Crippen LogP contribution in [0.3, 0.4) is 0 Å². The van der Waals surface area contributed by atoms with Gasteiger partial charge in [0.1, 0.15) is 11.4 Å². The fourth-order valence-electron chi connectivity index (χ4n) is 3.81. The Bertz CT molecular complexity index is 530. The first-order valence-electron chi connectivity index (χ1n) is 9.51. The second-order valence-electron chi connectivity index (χ2n) is 8.89. The van der Waals surface area contributed by atoms with Crippen LogP contribution in [-0.4, -0.2) is 58.4 Å². The predicted octanol–water partition coefficient (Wildman–Crippen LogP) is 2.78. The van der Waals surface area contributed by atoms with E-state index in [0.29, 0.717) is 13.2 Å². The second kappa shape index (κ2) is 7.31. The van der Waals surface area contributed by atoms with E-state index < -0.39 is 11.4 Å². The molecule has 0 aromatic heterocycles. The number of carbonyl (C=O) groups excluding carboxylic acids is 2. The van der Waals surface area contributed by atoms with Gasteiger partial charge in [-0.3, -0.25) is 9.59 Å². The van der Waals surface area contributed by atoms with Gasteiger partial charge in [0.05, 0.1) is 25.3 Å². The molecule has 0 aliphatic carbocycles. The minimum absolute atomic E-state index is 0.00669. The van der Waals surface area contributed by atoms with Crippen LogP contribution in [0, 0.1) is 11.8 Å². The highest BCUT2D eigenvalue weighted by Crippen LogP contribution is 2.32. The van der Waals surface area contributed by atoms with Crippen molar-refractivity contribution in [1.29, 1.82) is 0 Å². The van der Waals surface area contributed by atoms with E-state index in [4.69, 9.17) is 9.47 Å². The van der Waals surface area contributed by atoms with Gasteiger partial charge in [-0.2, -0.15) is 0 Å². The molecule has 0 bridgehead atoms. The molecule has 0 unspecified atom stereocenters. The monoisotopic (exact) mass is 366 g/mol. The van der Waals surface area contributed by atoms with Crippen LogP contribution in [0.25, 0.3) is 0 Å². The molecule has 2 atom stereocenters. The van der Waals surface area contributed by atoms with Crippen molar-refractivity contribution >= 4 is 11.8 Å². The maximum Gasteiger partial charge on any atom is 0.249 e. The van der Waals surface area contributed by atoms with Gasteiger partial charge in [-0.15, -0.1) is 0 Å². The minimum atomic E-state index is -0.671. The van der Waals surface area contributed by atoms with Crippen molar-refractivity contribution < 1.29 is 19.1 Å². The van der Waals surface area contributed by atoms with Crippen LogP contribution < -0.4 is 0 Å². The second-order valence-corrected chi connectivity index (χ2v) is 8.89. The van der Waals surface area contributed by atoms with Gasteiger partial charge < -0.3 is 19.3 Å². The summed E-state index contributed by atoms with van der Waals surface area (Å²) in [5.41, 5.74) is -1.34. The molecule has 26 heavy (non-hydrogen) atoms. The number of hydrogen-bond donors (Lipinski definition) is 0. The molecule has 6 nitrogen and oxygen atoms in total. The van der Waals surface area contributed by atoms with Crippen molar-refractivity contribution in [3.63, 3.8) is 0 Å². The molecular formula is C20H34N2O4. The van der Waals surface area contributed by atoms with Crippen LogP contribution in [0.1, 0.15) is 55.4 Å². The van der Waals surface area contributed by atoms with E-state index >= 15 is 0 Å². The van der Waals surface area contributed by atoms with Crippen molar-refractivity contribution in [3.8, 4) is 0 Å². The summed E-state index contributed by atoms with van der Waals surface area (Å²) in [6.07, 6.45) is 2.75. The van der Waals surface area contributed by atoms with Gasteiger partial charge in [0.2, 0.25) is 11.8 Å². The average Bonchev–Trinajstić information content (AvgIpc) is 3.00. The van der Waals surface area contributed by atoms with Crippen molar-refractivity contribution in [1.82, 2.24) is 9.80 Å². The largest absolute Gasteiger partial charge is 0.354 e. The zero-order chi connectivity index (χ0) is 19.9. The maximum absolute atomic E-state index is 12.8. The predicted molar refractivity (Wildman–Crippen MR) is 100 cm³/mol. The molecule has 2 saturated heterocycles. The highest BCUT2D eigenvalue weighted by Gasteiger charge is 2.45. The third-order valence-electron chi connectivity index (χ3n) is 5.42. The summed E-state index contributed by atoms with van der Waals surface area (Å²) in [5, 5.41) is 0. The molecule has 2 aliphatic heterocycles. The Kier molecular flexibility index (Phi) is 5.88. The molecule has 2 fully saturated rings. The van der Waals surface area contributed by atoms with Crippen LogP contribution in [-0.2, 0) is 19.1 Å². The third-order valence-corrected chi connectivity index (χ3v) is 5.42. The zero-order valence-corrected chi connectivity index (χ0v) is 17.4. The smallest absolute Gasteiger partial charge is 0.249 e. The van der Waals surface area contributed by atoms with Gasteiger partial charge in [-0.1, -0.05) is 27.7 Å². The van der Waals surface area contributed by atoms with Crippen LogP contribution in [0.5, 0.6) is 0 Å². The van der Waals surface area contributed by atoms with Crippen molar-refractivity contribution in [2.24, 2.45) is 11.8 Å². The highest BCUT2D eigenvalue weighted by atomic mass is 16.5. The highest BCUT2D eigenvalue weighted by molar-refractivity contribution is 5.97. The summed E-state index contributed by atoms with van der Waals surface area (Å²) in [4.78, 5) is 29.1. The number of carbonyl (C=O) groups is 2. The summed E-state index contributed by atoms with van der Waals surface area (Å²) in [6.45, 7) is 16.9. The normalized spacial score (nSPS) is 27.9. The summed E-state index contributed by atoms with van der Waals surface area (Å²) in [5.74, 6) is 0.166. The van der Waals surface area contributed by atoms with Gasteiger partial charge in [0.25, 0.3) is 0 Å². The van der Waals surface area contributed by atoms with Crippen LogP contribution >= 0.6 is 0 Å². The molecule has 0 N–H and O–H groups in total. The Hall–Kier alpha value is -1.40. The first kappa shape index (κ1) is 20.9. The Morgan fingerprint density at radius 1 is 0.808 bits per heavy atom. The Morgan fingerprint density at radius 2 is 1.12 bits per heavy atom. The lowest BCUT2D eigenvalue weighted by atomic mass is 10.0. The lowest BCUT2D eigenvalue weighted by molar-refractivity contribution is -0.144. The van der Waals surface area contributed by atoms with Crippen LogP contribution in [0.4, 0.5) is 0 Å². The average molecular weight is 367 g/mol. The van der Waals surface area contributed by atoms with Crippen LogP contribution in [0.15, 0.2) is 12.2 Å². The summed E-state index contributed by atoms with van der Waals surface area (Å²) < 4.78 is 11.6.